The van der Waals surface area contributed by atoms with E-state index in [-0.39, 0.29) is 11.3 Å². The molecule has 2 N–H and O–H groups in total. The summed E-state index contributed by atoms with van der Waals surface area (Å²) in [6.45, 7) is 3.37. The summed E-state index contributed by atoms with van der Waals surface area (Å²) in [4.78, 5) is 2.49. The molecule has 2 heterocycles. The Bertz CT molecular complexity index is 586. The first-order valence-electron chi connectivity index (χ1n) is 7.13. The van der Waals surface area contributed by atoms with Crippen molar-refractivity contribution in [3.63, 3.8) is 0 Å². The molecule has 1 aromatic carbocycles. The Hall–Kier alpha value is -1.17. The average Bonchev–Trinajstić information content (AvgIpc) is 3.06. The van der Waals surface area contributed by atoms with E-state index >= 15 is 0 Å². The van der Waals surface area contributed by atoms with E-state index in [1.54, 1.807) is 23.1 Å². The maximum atomic E-state index is 6.32. The van der Waals surface area contributed by atoms with Gasteiger partial charge in [0, 0.05) is 15.8 Å². The zero-order chi connectivity index (χ0) is 14.7. The predicted molar refractivity (Wildman–Crippen MR) is 88.6 cm³/mol. The van der Waals surface area contributed by atoms with Crippen LogP contribution >= 0.6 is 23.1 Å². The average molecular weight is 321 g/mol. The van der Waals surface area contributed by atoms with Crippen molar-refractivity contribution in [2.24, 2.45) is 5.73 Å². The third-order valence-corrected chi connectivity index (χ3v) is 5.95. The number of rotatable bonds is 5. The molecule has 0 radical (unpaired) electrons. The van der Waals surface area contributed by atoms with Crippen molar-refractivity contribution in [1.82, 2.24) is 0 Å². The first-order valence-corrected chi connectivity index (χ1v) is 8.89. The van der Waals surface area contributed by atoms with Crippen LogP contribution in [0.5, 0.6) is 11.5 Å². The van der Waals surface area contributed by atoms with Gasteiger partial charge < -0.3 is 15.2 Å². The molecule has 112 valence electrons. The highest BCUT2D eigenvalue weighted by molar-refractivity contribution is 7.99. The van der Waals surface area contributed by atoms with Gasteiger partial charge in [0.05, 0.1) is 5.25 Å². The van der Waals surface area contributed by atoms with Gasteiger partial charge in [-0.2, -0.15) is 0 Å². The van der Waals surface area contributed by atoms with Gasteiger partial charge in [-0.3, -0.25) is 0 Å². The Morgan fingerprint density at radius 2 is 2.05 bits per heavy atom. The molecule has 0 amide bonds. The fourth-order valence-corrected chi connectivity index (χ4v) is 4.54. The second-order valence-electron chi connectivity index (χ2n) is 4.93. The van der Waals surface area contributed by atoms with Crippen LogP contribution < -0.4 is 15.2 Å². The van der Waals surface area contributed by atoms with E-state index in [0.29, 0.717) is 13.2 Å². The quantitative estimate of drug-likeness (QED) is 0.843. The highest BCUT2D eigenvalue weighted by Crippen LogP contribution is 2.43. The lowest BCUT2D eigenvalue weighted by Gasteiger charge is -2.23. The Kier molecular flexibility index (Phi) is 4.73. The van der Waals surface area contributed by atoms with E-state index in [4.69, 9.17) is 15.2 Å². The molecule has 3 rings (SSSR count). The van der Waals surface area contributed by atoms with Crippen molar-refractivity contribution >= 4 is 23.1 Å². The third-order valence-electron chi connectivity index (χ3n) is 3.46. The van der Waals surface area contributed by atoms with E-state index in [1.807, 2.05) is 6.07 Å². The lowest BCUT2D eigenvalue weighted by Crippen LogP contribution is -2.25. The Labute approximate surface area is 133 Å². The minimum absolute atomic E-state index is 0.141. The summed E-state index contributed by atoms with van der Waals surface area (Å²) in [5.41, 5.74) is 6.32. The molecule has 0 saturated heterocycles. The normalized spacial score (nSPS) is 16.5. The highest BCUT2D eigenvalue weighted by atomic mass is 32.2. The van der Waals surface area contributed by atoms with Crippen LogP contribution in [0.3, 0.4) is 0 Å². The van der Waals surface area contributed by atoms with Crippen LogP contribution in [-0.4, -0.2) is 19.3 Å². The number of benzene rings is 1. The Balaban J connectivity index is 1.82. The molecule has 21 heavy (non-hydrogen) atoms. The molecule has 0 fully saturated rings. The van der Waals surface area contributed by atoms with Crippen LogP contribution in [0, 0.1) is 0 Å². The molecular weight excluding hydrogens is 302 g/mol. The van der Waals surface area contributed by atoms with Crippen LogP contribution in [0.15, 0.2) is 40.6 Å². The van der Waals surface area contributed by atoms with Gasteiger partial charge in [0.1, 0.15) is 13.2 Å². The zero-order valence-corrected chi connectivity index (χ0v) is 13.6. The molecule has 0 saturated carbocycles. The standard InChI is InChI=1S/C16H19NO2S2/c1-2-12(17)16(15-4-3-9-20-15)21-11-5-6-13-14(10-11)19-8-7-18-13/h3-6,9-10,12,16H,2,7-8,17H2,1H3. The fourth-order valence-electron chi connectivity index (χ4n) is 2.27. The lowest BCUT2D eigenvalue weighted by molar-refractivity contribution is 0.171. The maximum absolute atomic E-state index is 6.32. The van der Waals surface area contributed by atoms with Crippen LogP contribution in [0.1, 0.15) is 23.5 Å². The van der Waals surface area contributed by atoms with Gasteiger partial charge in [0.2, 0.25) is 0 Å². The van der Waals surface area contributed by atoms with Crippen molar-refractivity contribution < 1.29 is 9.47 Å². The predicted octanol–water partition coefficient (Wildman–Crippen LogP) is 4.09. The molecule has 0 spiro atoms. The number of nitrogens with two attached hydrogens (primary N) is 1. The molecule has 2 atom stereocenters. The summed E-state index contributed by atoms with van der Waals surface area (Å²) in [5.74, 6) is 1.67. The van der Waals surface area contributed by atoms with E-state index in [1.165, 1.54) is 9.77 Å². The van der Waals surface area contributed by atoms with E-state index in [0.717, 1.165) is 17.9 Å². The molecular formula is C16H19NO2S2. The smallest absolute Gasteiger partial charge is 0.162 e. The molecule has 1 aliphatic heterocycles. The van der Waals surface area contributed by atoms with Crippen molar-refractivity contribution in [2.45, 2.75) is 29.5 Å². The second-order valence-corrected chi connectivity index (χ2v) is 7.13. The van der Waals surface area contributed by atoms with Gasteiger partial charge >= 0.3 is 0 Å². The van der Waals surface area contributed by atoms with Gasteiger partial charge in [-0.25, -0.2) is 0 Å². The van der Waals surface area contributed by atoms with E-state index in [9.17, 15) is 0 Å². The number of thioether (sulfide) groups is 1. The lowest BCUT2D eigenvalue weighted by atomic mass is 10.1. The SMILES string of the molecule is CCC(N)C(Sc1ccc2c(c1)OCCO2)c1cccs1. The monoisotopic (exact) mass is 321 g/mol. The van der Waals surface area contributed by atoms with Crippen molar-refractivity contribution in [1.29, 1.82) is 0 Å². The first kappa shape index (κ1) is 14.8. The maximum Gasteiger partial charge on any atom is 0.162 e. The minimum atomic E-state index is 0.141. The second kappa shape index (κ2) is 6.73. The Morgan fingerprint density at radius 1 is 1.24 bits per heavy atom. The molecule has 0 bridgehead atoms. The Morgan fingerprint density at radius 3 is 2.76 bits per heavy atom. The van der Waals surface area contributed by atoms with Crippen molar-refractivity contribution in [2.75, 3.05) is 13.2 Å². The molecule has 0 aliphatic carbocycles. The summed E-state index contributed by atoms with van der Waals surface area (Å²) < 4.78 is 11.2. The third kappa shape index (κ3) is 3.36. The first-order chi connectivity index (χ1) is 10.3. The van der Waals surface area contributed by atoms with Crippen LogP contribution in [0.4, 0.5) is 0 Å². The summed E-state index contributed by atoms with van der Waals surface area (Å²) in [5, 5.41) is 2.38. The van der Waals surface area contributed by atoms with Crippen LogP contribution in [-0.2, 0) is 0 Å². The molecule has 1 aliphatic rings. The molecule has 5 heteroatoms. The number of hydrogen-bond donors (Lipinski definition) is 1. The summed E-state index contributed by atoms with van der Waals surface area (Å²) >= 11 is 3.57. The van der Waals surface area contributed by atoms with Gasteiger partial charge in [-0.1, -0.05) is 13.0 Å². The van der Waals surface area contributed by atoms with Gasteiger partial charge in [-0.05, 0) is 36.1 Å². The fraction of sp³-hybridized carbons (Fsp3) is 0.375. The summed E-state index contributed by atoms with van der Waals surface area (Å²) in [7, 11) is 0. The summed E-state index contributed by atoms with van der Waals surface area (Å²) in [6.07, 6.45) is 0.958. The zero-order valence-electron chi connectivity index (χ0n) is 12.0. The van der Waals surface area contributed by atoms with E-state index < -0.39 is 0 Å². The number of fused-ring (bicyclic) bond motifs is 1. The molecule has 2 aromatic rings. The van der Waals surface area contributed by atoms with Gasteiger partial charge in [-0.15, -0.1) is 23.1 Å². The van der Waals surface area contributed by atoms with E-state index in [2.05, 4.69) is 36.6 Å². The van der Waals surface area contributed by atoms with Crippen LogP contribution in [0.2, 0.25) is 0 Å². The van der Waals surface area contributed by atoms with Gasteiger partial charge in [0.15, 0.2) is 11.5 Å². The summed E-state index contributed by atoms with van der Waals surface area (Å²) in [6, 6.07) is 10.5. The van der Waals surface area contributed by atoms with Crippen molar-refractivity contribution in [3.05, 3.63) is 40.6 Å². The molecule has 3 nitrogen and oxygen atoms in total. The number of hydrogen-bond acceptors (Lipinski definition) is 5. The number of ether oxygens (including phenoxy) is 2. The molecule has 1 aromatic heterocycles. The van der Waals surface area contributed by atoms with Gasteiger partial charge in [0.25, 0.3) is 0 Å². The molecule has 2 unspecified atom stereocenters. The largest absolute Gasteiger partial charge is 0.486 e. The minimum Gasteiger partial charge on any atom is -0.486 e. The highest BCUT2D eigenvalue weighted by Gasteiger charge is 2.22. The topological polar surface area (TPSA) is 44.5 Å². The van der Waals surface area contributed by atoms with Crippen LogP contribution in [0.25, 0.3) is 0 Å². The number of thiophene rings is 1. The van der Waals surface area contributed by atoms with Crippen molar-refractivity contribution in [3.8, 4) is 11.5 Å².